The molecule has 0 fully saturated rings. The van der Waals surface area contributed by atoms with Gasteiger partial charge in [-0.3, -0.25) is 0 Å². The quantitative estimate of drug-likeness (QED) is 0.746. The van der Waals surface area contributed by atoms with Crippen molar-refractivity contribution in [2.75, 3.05) is 23.7 Å². The minimum atomic E-state index is 0.181. The third-order valence-corrected chi connectivity index (χ3v) is 2.79. The van der Waals surface area contributed by atoms with Crippen LogP contribution in [0.25, 0.3) is 0 Å². The minimum absolute atomic E-state index is 0.181. The molecule has 2 aromatic carbocycles. The van der Waals surface area contributed by atoms with E-state index in [-0.39, 0.29) is 6.10 Å². The second-order valence-corrected chi connectivity index (χ2v) is 4.88. The predicted octanol–water partition coefficient (Wildman–Crippen LogP) is 4.00. The van der Waals surface area contributed by atoms with Crippen LogP contribution in [-0.4, -0.2) is 19.2 Å². The van der Waals surface area contributed by atoms with E-state index >= 15 is 0 Å². The van der Waals surface area contributed by atoms with Gasteiger partial charge in [-0.2, -0.15) is 0 Å². The van der Waals surface area contributed by atoms with Gasteiger partial charge in [-0.25, -0.2) is 0 Å². The molecule has 3 heteroatoms. The smallest absolute Gasteiger partial charge is 0.142 e. The highest BCUT2D eigenvalue weighted by atomic mass is 16.5. The zero-order valence-corrected chi connectivity index (χ0v) is 12.1. The highest BCUT2D eigenvalue weighted by molar-refractivity contribution is 5.56. The van der Waals surface area contributed by atoms with E-state index in [1.54, 1.807) is 0 Å². The third kappa shape index (κ3) is 4.50. The molecule has 0 amide bonds. The molecule has 2 aromatic rings. The molecule has 0 aliphatic heterocycles. The first kappa shape index (κ1) is 14.3. The lowest BCUT2D eigenvalue weighted by molar-refractivity contribution is 0.243. The van der Waals surface area contributed by atoms with Crippen molar-refractivity contribution in [2.45, 2.75) is 20.0 Å². The minimum Gasteiger partial charge on any atom is -0.489 e. The Morgan fingerprint density at radius 2 is 1.50 bits per heavy atom. The van der Waals surface area contributed by atoms with Crippen LogP contribution in [0.15, 0.2) is 54.6 Å². The molecule has 0 heterocycles. The Morgan fingerprint density at radius 3 is 2.25 bits per heavy atom. The first-order valence-corrected chi connectivity index (χ1v) is 7.04. The molecular weight excluding hydrogens is 248 g/mol. The molecule has 0 aliphatic carbocycles. The average Bonchev–Trinajstić information content (AvgIpc) is 2.46. The maximum absolute atomic E-state index is 5.78. The monoisotopic (exact) mass is 270 g/mol. The van der Waals surface area contributed by atoms with E-state index in [2.05, 4.69) is 22.8 Å². The highest BCUT2D eigenvalue weighted by Crippen LogP contribution is 2.24. The molecule has 0 atom stereocenters. The summed E-state index contributed by atoms with van der Waals surface area (Å²) in [6.45, 7) is 5.77. The number of nitrogens with one attached hydrogen (secondary N) is 2. The Bertz CT molecular complexity index is 511. The van der Waals surface area contributed by atoms with Crippen LogP contribution in [0.2, 0.25) is 0 Å². The van der Waals surface area contributed by atoms with Gasteiger partial charge in [0.1, 0.15) is 5.75 Å². The van der Waals surface area contributed by atoms with E-state index < -0.39 is 0 Å². The van der Waals surface area contributed by atoms with Crippen LogP contribution < -0.4 is 15.4 Å². The third-order valence-electron chi connectivity index (χ3n) is 2.79. The summed E-state index contributed by atoms with van der Waals surface area (Å²) in [5.74, 6) is 0.905. The van der Waals surface area contributed by atoms with Crippen LogP contribution in [0.5, 0.6) is 5.75 Å². The number of ether oxygens (including phenoxy) is 1. The number of para-hydroxylation sites is 3. The Balaban J connectivity index is 1.82. The van der Waals surface area contributed by atoms with Gasteiger partial charge < -0.3 is 15.4 Å². The van der Waals surface area contributed by atoms with E-state index in [1.807, 2.05) is 56.3 Å². The van der Waals surface area contributed by atoms with E-state index in [9.17, 15) is 0 Å². The summed E-state index contributed by atoms with van der Waals surface area (Å²) in [6, 6.07) is 18.2. The molecule has 0 aliphatic rings. The van der Waals surface area contributed by atoms with Crippen LogP contribution in [0.4, 0.5) is 11.4 Å². The molecule has 0 aromatic heterocycles. The van der Waals surface area contributed by atoms with Crippen LogP contribution in [-0.2, 0) is 0 Å². The summed E-state index contributed by atoms with van der Waals surface area (Å²) in [5, 5.41) is 6.77. The molecule has 2 rings (SSSR count). The maximum atomic E-state index is 5.78. The fourth-order valence-electron chi connectivity index (χ4n) is 1.93. The molecular formula is C17H22N2O. The largest absolute Gasteiger partial charge is 0.489 e. The number of rotatable bonds is 7. The first-order valence-electron chi connectivity index (χ1n) is 7.04. The second-order valence-electron chi connectivity index (χ2n) is 4.88. The lowest BCUT2D eigenvalue weighted by Gasteiger charge is -2.15. The van der Waals surface area contributed by atoms with Gasteiger partial charge >= 0.3 is 0 Å². The molecule has 3 nitrogen and oxygen atoms in total. The average molecular weight is 270 g/mol. The summed E-state index contributed by atoms with van der Waals surface area (Å²) >= 11 is 0. The molecule has 0 saturated heterocycles. The van der Waals surface area contributed by atoms with Crippen molar-refractivity contribution in [1.29, 1.82) is 0 Å². The van der Waals surface area contributed by atoms with Crippen molar-refractivity contribution < 1.29 is 4.74 Å². The molecule has 0 bridgehead atoms. The second kappa shape index (κ2) is 7.43. The molecule has 20 heavy (non-hydrogen) atoms. The fourth-order valence-corrected chi connectivity index (χ4v) is 1.93. The standard InChI is InChI=1S/C17H22N2O/c1-14(2)20-17-11-7-6-10-16(17)19-13-12-18-15-8-4-3-5-9-15/h3-11,14,18-19H,12-13H2,1-2H3. The summed E-state index contributed by atoms with van der Waals surface area (Å²) < 4.78 is 5.78. The van der Waals surface area contributed by atoms with Crippen LogP contribution in [0, 0.1) is 0 Å². The molecule has 0 radical (unpaired) electrons. The van der Waals surface area contributed by atoms with Crippen LogP contribution in [0.1, 0.15) is 13.8 Å². The molecule has 106 valence electrons. The van der Waals surface area contributed by atoms with Crippen molar-refractivity contribution in [3.8, 4) is 5.75 Å². The van der Waals surface area contributed by atoms with Crippen molar-refractivity contribution in [2.24, 2.45) is 0 Å². The lowest BCUT2D eigenvalue weighted by Crippen LogP contribution is -2.15. The predicted molar refractivity (Wildman–Crippen MR) is 85.6 cm³/mol. The van der Waals surface area contributed by atoms with Gasteiger partial charge in [-0.15, -0.1) is 0 Å². The number of hydrogen-bond donors (Lipinski definition) is 2. The maximum Gasteiger partial charge on any atom is 0.142 e. The van der Waals surface area contributed by atoms with Gasteiger partial charge in [-0.05, 0) is 38.1 Å². The van der Waals surface area contributed by atoms with Gasteiger partial charge in [-0.1, -0.05) is 30.3 Å². The number of benzene rings is 2. The van der Waals surface area contributed by atoms with Crippen molar-refractivity contribution in [3.63, 3.8) is 0 Å². The van der Waals surface area contributed by atoms with E-state index in [0.717, 1.165) is 30.2 Å². The molecule has 2 N–H and O–H groups in total. The number of hydrogen-bond acceptors (Lipinski definition) is 3. The summed E-state index contributed by atoms with van der Waals surface area (Å²) in [6.07, 6.45) is 0.181. The van der Waals surface area contributed by atoms with Gasteiger partial charge in [0.2, 0.25) is 0 Å². The van der Waals surface area contributed by atoms with Crippen molar-refractivity contribution in [1.82, 2.24) is 0 Å². The molecule has 0 unspecified atom stereocenters. The van der Waals surface area contributed by atoms with Crippen molar-refractivity contribution >= 4 is 11.4 Å². The van der Waals surface area contributed by atoms with Gasteiger partial charge in [0.25, 0.3) is 0 Å². The number of anilines is 2. The van der Waals surface area contributed by atoms with E-state index in [0.29, 0.717) is 0 Å². The Kier molecular flexibility index (Phi) is 5.30. The summed E-state index contributed by atoms with van der Waals surface area (Å²) in [4.78, 5) is 0. The van der Waals surface area contributed by atoms with Gasteiger partial charge in [0.15, 0.2) is 0 Å². The van der Waals surface area contributed by atoms with E-state index in [4.69, 9.17) is 4.74 Å². The Morgan fingerprint density at radius 1 is 0.850 bits per heavy atom. The van der Waals surface area contributed by atoms with Crippen LogP contribution in [0.3, 0.4) is 0 Å². The summed E-state index contributed by atoms with van der Waals surface area (Å²) in [5.41, 5.74) is 2.18. The SMILES string of the molecule is CC(C)Oc1ccccc1NCCNc1ccccc1. The van der Waals surface area contributed by atoms with Gasteiger partial charge in [0.05, 0.1) is 11.8 Å². The van der Waals surface area contributed by atoms with Gasteiger partial charge in [0, 0.05) is 18.8 Å². The first-order chi connectivity index (χ1) is 9.75. The zero-order valence-electron chi connectivity index (χ0n) is 12.1. The lowest BCUT2D eigenvalue weighted by atomic mass is 10.3. The van der Waals surface area contributed by atoms with Crippen LogP contribution >= 0.6 is 0 Å². The molecule has 0 spiro atoms. The van der Waals surface area contributed by atoms with Crippen molar-refractivity contribution in [3.05, 3.63) is 54.6 Å². The fraction of sp³-hybridized carbons (Fsp3) is 0.294. The zero-order chi connectivity index (χ0) is 14.2. The van der Waals surface area contributed by atoms with E-state index in [1.165, 1.54) is 0 Å². The highest BCUT2D eigenvalue weighted by Gasteiger charge is 2.03. The Labute approximate surface area is 121 Å². The summed E-state index contributed by atoms with van der Waals surface area (Å²) in [7, 11) is 0. The topological polar surface area (TPSA) is 33.3 Å². The molecule has 0 saturated carbocycles. The Hall–Kier alpha value is -2.16. The normalized spacial score (nSPS) is 10.3.